The lowest BCUT2D eigenvalue weighted by Crippen LogP contribution is -2.06. The van der Waals surface area contributed by atoms with Crippen molar-refractivity contribution in [2.75, 3.05) is 12.4 Å². The Morgan fingerprint density at radius 3 is 2.71 bits per heavy atom. The summed E-state index contributed by atoms with van der Waals surface area (Å²) in [5.41, 5.74) is -0.690. The first kappa shape index (κ1) is 13.8. The molecule has 0 aliphatic carbocycles. The van der Waals surface area contributed by atoms with Gasteiger partial charge in [0.25, 0.3) is 0 Å². The van der Waals surface area contributed by atoms with Crippen LogP contribution in [0.4, 0.5) is 13.2 Å². The number of halogens is 4. The van der Waals surface area contributed by atoms with Crippen LogP contribution in [0, 0.1) is 11.8 Å². The lowest BCUT2D eigenvalue weighted by molar-refractivity contribution is -0.137. The molecule has 1 aromatic rings. The molecule has 17 heavy (non-hydrogen) atoms. The molecule has 1 rings (SSSR count). The fourth-order valence-electron chi connectivity index (χ4n) is 1.06. The number of pyridine rings is 1. The Morgan fingerprint density at radius 2 is 2.18 bits per heavy atom. The van der Waals surface area contributed by atoms with E-state index in [0.717, 1.165) is 12.3 Å². The third-order valence-electron chi connectivity index (χ3n) is 1.81. The van der Waals surface area contributed by atoms with Crippen LogP contribution in [-0.4, -0.2) is 17.4 Å². The standard InChI is InChI=1S/C11H9BrF3NO/c1-17-10-8(4-2-3-5-12)6-9(7-16-10)11(13,14)15/h6-7H,3,5H2,1H3. The average Bonchev–Trinajstić information content (AvgIpc) is 2.28. The first-order valence-corrected chi connectivity index (χ1v) is 5.77. The molecule has 0 unspecified atom stereocenters. The van der Waals surface area contributed by atoms with Crippen molar-refractivity contribution >= 4 is 15.9 Å². The first-order chi connectivity index (χ1) is 7.99. The van der Waals surface area contributed by atoms with Crippen LogP contribution in [0.2, 0.25) is 0 Å². The van der Waals surface area contributed by atoms with Crippen LogP contribution in [0.3, 0.4) is 0 Å². The number of nitrogens with zero attached hydrogens (tertiary/aromatic N) is 1. The highest BCUT2D eigenvalue weighted by Crippen LogP contribution is 2.30. The van der Waals surface area contributed by atoms with Crippen molar-refractivity contribution in [3.05, 3.63) is 23.4 Å². The van der Waals surface area contributed by atoms with Crippen LogP contribution in [0.15, 0.2) is 12.3 Å². The lowest BCUT2D eigenvalue weighted by Gasteiger charge is -2.08. The summed E-state index contributed by atoms with van der Waals surface area (Å²) in [5, 5.41) is 0.661. The minimum Gasteiger partial charge on any atom is -0.480 e. The Bertz CT molecular complexity index is 448. The van der Waals surface area contributed by atoms with E-state index in [4.69, 9.17) is 4.74 Å². The fraction of sp³-hybridized carbons (Fsp3) is 0.364. The summed E-state index contributed by atoms with van der Waals surface area (Å²) in [4.78, 5) is 3.59. The molecule has 2 nitrogen and oxygen atoms in total. The van der Waals surface area contributed by atoms with Gasteiger partial charge in [0, 0.05) is 17.9 Å². The van der Waals surface area contributed by atoms with Crippen molar-refractivity contribution in [1.29, 1.82) is 0 Å². The Kier molecular flexibility index (Phi) is 4.82. The number of methoxy groups -OCH3 is 1. The fourth-order valence-corrected chi connectivity index (χ4v) is 1.26. The van der Waals surface area contributed by atoms with E-state index in [2.05, 4.69) is 32.8 Å². The van der Waals surface area contributed by atoms with Gasteiger partial charge in [-0.25, -0.2) is 4.98 Å². The van der Waals surface area contributed by atoms with Crippen molar-refractivity contribution < 1.29 is 17.9 Å². The Morgan fingerprint density at radius 1 is 1.47 bits per heavy atom. The number of hydrogen-bond acceptors (Lipinski definition) is 2. The van der Waals surface area contributed by atoms with E-state index in [1.165, 1.54) is 7.11 Å². The molecule has 0 radical (unpaired) electrons. The summed E-state index contributed by atoms with van der Waals surface area (Å²) >= 11 is 3.18. The lowest BCUT2D eigenvalue weighted by atomic mass is 10.2. The van der Waals surface area contributed by atoms with Crippen molar-refractivity contribution in [3.63, 3.8) is 0 Å². The minimum atomic E-state index is -4.43. The second-order valence-corrected chi connectivity index (χ2v) is 3.81. The molecule has 0 spiro atoms. The van der Waals surface area contributed by atoms with Gasteiger partial charge in [-0.1, -0.05) is 27.8 Å². The normalized spacial score (nSPS) is 10.6. The van der Waals surface area contributed by atoms with E-state index in [9.17, 15) is 13.2 Å². The smallest absolute Gasteiger partial charge is 0.417 e. The molecule has 0 saturated carbocycles. The number of hydrogen-bond donors (Lipinski definition) is 0. The van der Waals surface area contributed by atoms with Crippen molar-refractivity contribution in [3.8, 4) is 17.7 Å². The van der Waals surface area contributed by atoms with Crippen molar-refractivity contribution in [1.82, 2.24) is 4.98 Å². The molecule has 0 amide bonds. The van der Waals surface area contributed by atoms with Gasteiger partial charge in [-0.2, -0.15) is 13.2 Å². The molecule has 0 saturated heterocycles. The monoisotopic (exact) mass is 307 g/mol. The summed E-state index contributed by atoms with van der Waals surface area (Å²) in [7, 11) is 1.34. The SMILES string of the molecule is COc1ncc(C(F)(F)F)cc1C#CCCBr. The van der Waals surface area contributed by atoms with Gasteiger partial charge >= 0.3 is 6.18 Å². The maximum absolute atomic E-state index is 12.5. The molecule has 6 heteroatoms. The van der Waals surface area contributed by atoms with Crippen LogP contribution in [0.5, 0.6) is 5.88 Å². The highest BCUT2D eigenvalue weighted by atomic mass is 79.9. The Balaban J connectivity index is 3.13. The quantitative estimate of drug-likeness (QED) is 0.618. The molecule has 0 N–H and O–H groups in total. The zero-order valence-electron chi connectivity index (χ0n) is 8.94. The molecule has 1 aromatic heterocycles. The second-order valence-electron chi connectivity index (χ2n) is 3.02. The van der Waals surface area contributed by atoms with Gasteiger partial charge in [0.2, 0.25) is 5.88 Å². The average molecular weight is 308 g/mol. The molecular weight excluding hydrogens is 299 g/mol. The third-order valence-corrected chi connectivity index (χ3v) is 2.21. The number of ether oxygens (including phenoxy) is 1. The highest BCUT2D eigenvalue weighted by Gasteiger charge is 2.31. The number of rotatable bonds is 2. The molecule has 0 atom stereocenters. The van der Waals surface area contributed by atoms with Crippen LogP contribution >= 0.6 is 15.9 Å². The highest BCUT2D eigenvalue weighted by molar-refractivity contribution is 9.09. The Hall–Kier alpha value is -1.22. The maximum Gasteiger partial charge on any atom is 0.417 e. The van der Waals surface area contributed by atoms with E-state index in [0.29, 0.717) is 11.8 Å². The summed E-state index contributed by atoms with van der Waals surface area (Å²) in [6.45, 7) is 0. The number of alkyl halides is 4. The van der Waals surface area contributed by atoms with Gasteiger partial charge in [-0.3, -0.25) is 0 Å². The van der Waals surface area contributed by atoms with E-state index < -0.39 is 11.7 Å². The van der Waals surface area contributed by atoms with Crippen LogP contribution in [0.1, 0.15) is 17.5 Å². The largest absolute Gasteiger partial charge is 0.480 e. The molecule has 0 fully saturated rings. The zero-order valence-corrected chi connectivity index (χ0v) is 10.5. The van der Waals surface area contributed by atoms with Crippen molar-refractivity contribution in [2.45, 2.75) is 12.6 Å². The van der Waals surface area contributed by atoms with E-state index in [-0.39, 0.29) is 11.4 Å². The molecule has 0 aliphatic rings. The predicted octanol–water partition coefficient (Wildman–Crippen LogP) is 3.25. The molecule has 0 bridgehead atoms. The Labute approximate surface area is 105 Å². The van der Waals surface area contributed by atoms with Crippen molar-refractivity contribution in [2.24, 2.45) is 0 Å². The van der Waals surface area contributed by atoms with Gasteiger partial charge in [-0.05, 0) is 6.07 Å². The third kappa shape index (κ3) is 3.93. The van der Waals surface area contributed by atoms with Gasteiger partial charge in [0.05, 0.1) is 18.2 Å². The maximum atomic E-state index is 12.5. The number of aromatic nitrogens is 1. The second kappa shape index (κ2) is 5.92. The van der Waals surface area contributed by atoms with Crippen LogP contribution in [-0.2, 0) is 6.18 Å². The minimum absolute atomic E-state index is 0.0973. The first-order valence-electron chi connectivity index (χ1n) is 4.65. The summed E-state index contributed by atoms with van der Waals surface area (Å²) < 4.78 is 42.2. The summed E-state index contributed by atoms with van der Waals surface area (Å²) in [5.74, 6) is 5.43. The summed E-state index contributed by atoms with van der Waals surface area (Å²) in [6, 6.07) is 0.938. The van der Waals surface area contributed by atoms with Crippen LogP contribution < -0.4 is 4.74 Å². The molecule has 0 aliphatic heterocycles. The zero-order chi connectivity index (χ0) is 12.9. The topological polar surface area (TPSA) is 22.1 Å². The van der Waals surface area contributed by atoms with Gasteiger partial charge in [-0.15, -0.1) is 0 Å². The van der Waals surface area contributed by atoms with E-state index in [1.54, 1.807) is 0 Å². The van der Waals surface area contributed by atoms with E-state index >= 15 is 0 Å². The van der Waals surface area contributed by atoms with Gasteiger partial charge in [0.1, 0.15) is 0 Å². The van der Waals surface area contributed by atoms with Gasteiger partial charge in [0.15, 0.2) is 0 Å². The molecule has 1 heterocycles. The summed E-state index contributed by atoms with van der Waals surface area (Å²) in [6.07, 6.45) is -3.15. The van der Waals surface area contributed by atoms with E-state index in [1.807, 2.05) is 0 Å². The molecular formula is C11H9BrF3NO. The van der Waals surface area contributed by atoms with Crippen LogP contribution in [0.25, 0.3) is 0 Å². The molecule has 0 aromatic carbocycles. The molecule has 92 valence electrons. The van der Waals surface area contributed by atoms with Gasteiger partial charge < -0.3 is 4.74 Å². The predicted molar refractivity (Wildman–Crippen MR) is 61.1 cm³/mol.